The molecule has 0 atom stereocenters. The van der Waals surface area contributed by atoms with Gasteiger partial charge in [0.1, 0.15) is 5.69 Å². The molecule has 0 aliphatic carbocycles. The van der Waals surface area contributed by atoms with Crippen LogP contribution in [0.25, 0.3) is 22.6 Å². The summed E-state index contributed by atoms with van der Waals surface area (Å²) in [7, 11) is 1.64. The molecule has 0 bridgehead atoms. The first-order chi connectivity index (χ1) is 16.6. The molecule has 0 aliphatic heterocycles. The van der Waals surface area contributed by atoms with Gasteiger partial charge in [-0.05, 0) is 36.2 Å². The lowest BCUT2D eigenvalue weighted by molar-refractivity contribution is 0.210. The normalized spacial score (nSPS) is 10.9. The van der Waals surface area contributed by atoms with E-state index in [-0.39, 0.29) is 0 Å². The quantitative estimate of drug-likeness (QED) is 0.379. The Morgan fingerprint density at radius 3 is 2.65 bits per heavy atom. The predicted molar refractivity (Wildman–Crippen MR) is 129 cm³/mol. The highest BCUT2D eigenvalue weighted by molar-refractivity contribution is 5.68. The van der Waals surface area contributed by atoms with Gasteiger partial charge in [-0.25, -0.2) is 14.6 Å². The van der Waals surface area contributed by atoms with Gasteiger partial charge in [-0.15, -0.1) is 5.10 Å². The second-order valence-corrected chi connectivity index (χ2v) is 8.08. The Hall–Kier alpha value is -4.16. The maximum Gasteiger partial charge on any atom is 0.223 e. The molecule has 0 radical (unpaired) electrons. The highest BCUT2D eigenvalue weighted by Crippen LogP contribution is 2.25. The zero-order valence-electron chi connectivity index (χ0n) is 19.4. The summed E-state index contributed by atoms with van der Waals surface area (Å²) in [6, 6.07) is 17.4. The molecular formula is C25H26N8O. The van der Waals surface area contributed by atoms with E-state index < -0.39 is 0 Å². The largest absolute Gasteiger partial charge is 0.383 e. The number of aromatic nitrogens is 6. The molecule has 0 unspecified atom stereocenters. The van der Waals surface area contributed by atoms with Crippen molar-refractivity contribution in [3.8, 4) is 28.7 Å². The van der Waals surface area contributed by atoms with Crippen molar-refractivity contribution in [1.29, 1.82) is 5.26 Å². The molecular weight excluding hydrogens is 428 g/mol. The summed E-state index contributed by atoms with van der Waals surface area (Å²) in [5.74, 6) is 0.807. The number of benzene rings is 1. The third kappa shape index (κ3) is 5.60. The van der Waals surface area contributed by atoms with E-state index in [1.165, 1.54) is 0 Å². The van der Waals surface area contributed by atoms with Crippen LogP contribution in [0.2, 0.25) is 0 Å². The van der Waals surface area contributed by atoms with Crippen molar-refractivity contribution < 1.29 is 4.74 Å². The summed E-state index contributed by atoms with van der Waals surface area (Å²) < 4.78 is 6.87. The van der Waals surface area contributed by atoms with Crippen LogP contribution in [0.5, 0.6) is 0 Å². The maximum absolute atomic E-state index is 9.28. The van der Waals surface area contributed by atoms with Gasteiger partial charge >= 0.3 is 0 Å². The van der Waals surface area contributed by atoms with E-state index in [1.807, 2.05) is 42.6 Å². The Morgan fingerprint density at radius 1 is 1.03 bits per heavy atom. The van der Waals surface area contributed by atoms with Gasteiger partial charge in [0.2, 0.25) is 5.95 Å². The fraction of sp³-hybridized carbons (Fsp3) is 0.280. The van der Waals surface area contributed by atoms with Crippen LogP contribution in [0, 0.1) is 11.3 Å². The van der Waals surface area contributed by atoms with E-state index in [0.717, 1.165) is 17.0 Å². The van der Waals surface area contributed by atoms with Crippen molar-refractivity contribution in [3.63, 3.8) is 0 Å². The van der Waals surface area contributed by atoms with E-state index in [2.05, 4.69) is 45.5 Å². The van der Waals surface area contributed by atoms with Crippen molar-refractivity contribution in [1.82, 2.24) is 29.9 Å². The van der Waals surface area contributed by atoms with Crippen LogP contribution in [0.15, 0.2) is 54.7 Å². The van der Waals surface area contributed by atoms with E-state index in [4.69, 9.17) is 9.72 Å². The number of methoxy groups -OCH3 is 1. The summed E-state index contributed by atoms with van der Waals surface area (Å²) in [5.41, 5.74) is 5.28. The van der Waals surface area contributed by atoms with Crippen LogP contribution in [0.3, 0.4) is 0 Å². The van der Waals surface area contributed by atoms with Crippen LogP contribution in [0.1, 0.15) is 36.7 Å². The SMILES string of the molecule is COCCNc1nc(-c2cccc(C#N)c2)cc(-c2cn(Cc3cccc(C(C)C)n3)nn2)n1. The van der Waals surface area contributed by atoms with Gasteiger partial charge in [0.25, 0.3) is 0 Å². The number of nitrogens with one attached hydrogen (secondary N) is 1. The van der Waals surface area contributed by atoms with Crippen molar-refractivity contribution in [2.45, 2.75) is 26.3 Å². The number of anilines is 1. The molecule has 0 fully saturated rings. The minimum Gasteiger partial charge on any atom is -0.383 e. The highest BCUT2D eigenvalue weighted by Gasteiger charge is 2.13. The zero-order chi connectivity index (χ0) is 23.9. The fourth-order valence-electron chi connectivity index (χ4n) is 3.39. The third-order valence-corrected chi connectivity index (χ3v) is 5.15. The Morgan fingerprint density at radius 2 is 1.85 bits per heavy atom. The fourth-order valence-corrected chi connectivity index (χ4v) is 3.39. The lowest BCUT2D eigenvalue weighted by Gasteiger charge is -2.09. The van der Waals surface area contributed by atoms with E-state index in [1.54, 1.807) is 23.9 Å². The zero-order valence-corrected chi connectivity index (χ0v) is 19.4. The highest BCUT2D eigenvalue weighted by atomic mass is 16.5. The number of hydrogen-bond acceptors (Lipinski definition) is 8. The molecule has 4 rings (SSSR count). The third-order valence-electron chi connectivity index (χ3n) is 5.15. The second-order valence-electron chi connectivity index (χ2n) is 8.08. The summed E-state index contributed by atoms with van der Waals surface area (Å²) in [5, 5.41) is 21.1. The van der Waals surface area contributed by atoms with Gasteiger partial charge < -0.3 is 10.1 Å². The summed E-state index contributed by atoms with van der Waals surface area (Å²) in [6.07, 6.45) is 1.85. The molecule has 0 amide bonds. The Bertz CT molecular complexity index is 1310. The molecule has 3 aromatic heterocycles. The average molecular weight is 455 g/mol. The van der Waals surface area contributed by atoms with Gasteiger partial charge in [0, 0.05) is 24.9 Å². The molecule has 0 aliphatic rings. The van der Waals surface area contributed by atoms with Crippen LogP contribution < -0.4 is 5.32 Å². The molecule has 9 nitrogen and oxygen atoms in total. The smallest absolute Gasteiger partial charge is 0.223 e. The Kier molecular flexibility index (Phi) is 7.20. The molecule has 0 spiro atoms. The summed E-state index contributed by atoms with van der Waals surface area (Å²) >= 11 is 0. The van der Waals surface area contributed by atoms with Crippen molar-refractivity contribution in [2.24, 2.45) is 0 Å². The first-order valence-corrected chi connectivity index (χ1v) is 11.0. The van der Waals surface area contributed by atoms with Crippen molar-refractivity contribution in [3.05, 3.63) is 71.7 Å². The topological polar surface area (TPSA) is 114 Å². The Labute approximate surface area is 198 Å². The van der Waals surface area contributed by atoms with Crippen LogP contribution in [-0.4, -0.2) is 50.2 Å². The molecule has 172 valence electrons. The standard InChI is InChI=1S/C25H26N8O/c1-17(2)21-9-5-8-20(28-21)15-33-16-24(31-32-33)23-13-22(19-7-4-6-18(12-19)14-26)29-25(30-23)27-10-11-34-3/h4-9,12-13,16-17H,10-11,15H2,1-3H3,(H,27,29,30). The lowest BCUT2D eigenvalue weighted by Crippen LogP contribution is -2.11. The monoisotopic (exact) mass is 454 g/mol. The molecule has 34 heavy (non-hydrogen) atoms. The van der Waals surface area contributed by atoms with Gasteiger partial charge in [-0.3, -0.25) is 4.98 Å². The number of pyridine rings is 1. The van der Waals surface area contributed by atoms with Crippen LogP contribution >= 0.6 is 0 Å². The number of nitriles is 1. The minimum atomic E-state index is 0.356. The van der Waals surface area contributed by atoms with Gasteiger partial charge in [-0.1, -0.05) is 37.3 Å². The molecule has 3 heterocycles. The molecule has 4 aromatic rings. The van der Waals surface area contributed by atoms with Gasteiger partial charge in [0.15, 0.2) is 0 Å². The molecule has 9 heteroatoms. The average Bonchev–Trinajstić information content (AvgIpc) is 3.33. The first-order valence-electron chi connectivity index (χ1n) is 11.0. The van der Waals surface area contributed by atoms with Crippen LogP contribution in [0.4, 0.5) is 5.95 Å². The van der Waals surface area contributed by atoms with E-state index >= 15 is 0 Å². The van der Waals surface area contributed by atoms with E-state index in [0.29, 0.717) is 54.2 Å². The summed E-state index contributed by atoms with van der Waals surface area (Å²) in [6.45, 7) is 5.83. The van der Waals surface area contributed by atoms with Gasteiger partial charge in [0.05, 0.1) is 48.1 Å². The van der Waals surface area contributed by atoms with E-state index in [9.17, 15) is 5.26 Å². The van der Waals surface area contributed by atoms with Crippen LogP contribution in [-0.2, 0) is 11.3 Å². The first kappa shape index (κ1) is 23.0. The second kappa shape index (κ2) is 10.6. The van der Waals surface area contributed by atoms with Gasteiger partial charge in [-0.2, -0.15) is 5.26 Å². The molecule has 0 saturated carbocycles. The number of rotatable bonds is 9. The lowest BCUT2D eigenvalue weighted by atomic mass is 10.1. The summed E-state index contributed by atoms with van der Waals surface area (Å²) in [4.78, 5) is 14.0. The molecule has 1 N–H and O–H groups in total. The Balaban J connectivity index is 1.65. The number of nitrogens with zero attached hydrogens (tertiary/aromatic N) is 7. The number of hydrogen-bond donors (Lipinski definition) is 1. The number of ether oxygens (including phenoxy) is 1. The van der Waals surface area contributed by atoms with Crippen molar-refractivity contribution in [2.75, 3.05) is 25.6 Å². The predicted octanol–water partition coefficient (Wildman–Crippen LogP) is 3.90. The van der Waals surface area contributed by atoms with Crippen molar-refractivity contribution >= 4 is 5.95 Å². The minimum absolute atomic E-state index is 0.356. The molecule has 1 aromatic carbocycles. The maximum atomic E-state index is 9.28. The molecule has 0 saturated heterocycles.